The molecule has 0 bridgehead atoms. The first-order chi connectivity index (χ1) is 54.5. The molecule has 0 unspecified atom stereocenters. The summed E-state index contributed by atoms with van der Waals surface area (Å²) in [6.45, 7) is 0. The van der Waals surface area contributed by atoms with E-state index in [-0.39, 0.29) is 0 Å². The van der Waals surface area contributed by atoms with Gasteiger partial charge >= 0.3 is 0 Å². The minimum Gasteiger partial charge on any atom is -0.455 e. The first-order valence-electron chi connectivity index (χ1n) is 37.8. The fourth-order valence-electron chi connectivity index (χ4n) is 18.6. The zero-order valence-electron chi connectivity index (χ0n) is 59.5. The van der Waals surface area contributed by atoms with E-state index in [0.29, 0.717) is 0 Å². The van der Waals surface area contributed by atoms with Crippen LogP contribution in [0.25, 0.3) is 231 Å². The lowest BCUT2D eigenvalue weighted by atomic mass is 9.97. The maximum Gasteiger partial charge on any atom is 0.143 e. The summed E-state index contributed by atoms with van der Waals surface area (Å²) in [5, 5.41) is 19.1. The minimum absolute atomic E-state index is 0.883. The topological polar surface area (TPSA) is 48.6 Å². The highest BCUT2D eigenvalue weighted by Gasteiger charge is 2.24. The Bertz CT molecular complexity index is 8030. The van der Waals surface area contributed by atoms with E-state index in [4.69, 9.17) is 4.42 Å². The van der Waals surface area contributed by atoms with Crippen LogP contribution in [0.3, 0.4) is 0 Å². The van der Waals surface area contributed by atoms with E-state index in [1.54, 1.807) is 0 Å². The van der Waals surface area contributed by atoms with Crippen LogP contribution in [0.2, 0.25) is 0 Å². The van der Waals surface area contributed by atoms with Crippen molar-refractivity contribution in [1.29, 1.82) is 0 Å². The van der Waals surface area contributed by atoms with Crippen molar-refractivity contribution in [2.75, 3.05) is 0 Å². The number of fused-ring (bicyclic) bond motifs is 20. The number of nitrogens with zero attached hydrogens (tertiary/aromatic N) is 4. The lowest BCUT2D eigenvalue weighted by molar-refractivity contribution is 0.670. The van der Waals surface area contributed by atoms with Gasteiger partial charge in [-0.1, -0.05) is 249 Å². The predicted octanol–water partition coefficient (Wildman–Crippen LogP) is 28.3. The molecule has 0 aliphatic rings. The number of H-pyrrole nitrogens is 1. The summed E-state index contributed by atoms with van der Waals surface area (Å²) in [6, 6.07) is 139. The first-order valence-corrected chi connectivity index (χ1v) is 37.8. The van der Waals surface area contributed by atoms with Crippen LogP contribution in [-0.2, 0) is 0 Å². The molecule has 18 aromatic carbocycles. The number of rotatable bonds is 9. The molecule has 0 radical (unpaired) electrons. The average Bonchev–Trinajstić information content (AvgIpc) is 1.56. The van der Waals surface area contributed by atoms with Gasteiger partial charge in [0.15, 0.2) is 0 Å². The van der Waals surface area contributed by atoms with Crippen LogP contribution in [0.4, 0.5) is 0 Å². The van der Waals surface area contributed by atoms with E-state index in [9.17, 15) is 0 Å². The second-order valence-corrected chi connectivity index (χ2v) is 29.6. The second kappa shape index (κ2) is 23.4. The summed E-state index contributed by atoms with van der Waals surface area (Å²) >= 11 is 0. The molecule has 6 heteroatoms. The molecule has 1 N–H and O–H groups in total. The maximum atomic E-state index is 6.79. The third-order valence-corrected chi connectivity index (χ3v) is 23.6. The van der Waals surface area contributed by atoms with E-state index in [1.165, 1.54) is 97.8 Å². The minimum atomic E-state index is 0.883. The van der Waals surface area contributed by atoms with Crippen molar-refractivity contribution in [1.82, 2.24) is 23.3 Å². The van der Waals surface area contributed by atoms with Gasteiger partial charge in [-0.05, 0) is 188 Å². The molecule has 6 heterocycles. The normalized spacial score (nSPS) is 12.2. The number of aromatic amines is 1. The highest BCUT2D eigenvalue weighted by atomic mass is 16.3. The van der Waals surface area contributed by atoms with Crippen LogP contribution in [0, 0.1) is 0 Å². The molecule has 0 aliphatic carbocycles. The monoisotopic (exact) mass is 1400 g/mol. The third kappa shape index (κ3) is 9.05. The van der Waals surface area contributed by atoms with Crippen LogP contribution in [0.15, 0.2) is 381 Å². The fraction of sp³-hybridized carbons (Fsp3) is 0. The van der Waals surface area contributed by atoms with Gasteiger partial charge in [0.05, 0.1) is 55.5 Å². The quantitative estimate of drug-likeness (QED) is 0.154. The van der Waals surface area contributed by atoms with Gasteiger partial charge in [0, 0.05) is 103 Å². The molecule has 0 atom stereocenters. The Morgan fingerprint density at radius 2 is 0.582 bits per heavy atom. The van der Waals surface area contributed by atoms with Crippen LogP contribution in [0.1, 0.15) is 0 Å². The van der Waals surface area contributed by atoms with E-state index in [2.05, 4.69) is 399 Å². The molecule has 510 valence electrons. The van der Waals surface area contributed by atoms with Crippen molar-refractivity contribution in [2.24, 2.45) is 0 Å². The summed E-state index contributed by atoms with van der Waals surface area (Å²) < 4.78 is 16.7. The van der Waals surface area contributed by atoms with Crippen molar-refractivity contribution in [3.63, 3.8) is 0 Å². The largest absolute Gasteiger partial charge is 0.455 e. The molecule has 0 fully saturated rings. The van der Waals surface area contributed by atoms with Gasteiger partial charge < -0.3 is 27.7 Å². The molecular formula is C104H63N5O. The molecule has 0 aliphatic heterocycles. The Balaban J connectivity index is 0.634. The molecular weight excluding hydrogens is 1340 g/mol. The zero-order chi connectivity index (χ0) is 71.8. The molecule has 6 aromatic heterocycles. The summed E-state index contributed by atoms with van der Waals surface area (Å²) in [7, 11) is 0. The molecule has 6 nitrogen and oxygen atoms in total. The predicted molar refractivity (Wildman–Crippen MR) is 463 cm³/mol. The second-order valence-electron chi connectivity index (χ2n) is 29.6. The number of para-hydroxylation sites is 7. The van der Waals surface area contributed by atoms with E-state index < -0.39 is 0 Å². The van der Waals surface area contributed by atoms with E-state index in [1.807, 2.05) is 0 Å². The molecule has 0 amide bonds. The third-order valence-electron chi connectivity index (χ3n) is 23.6. The number of aromatic nitrogens is 5. The lowest BCUT2D eigenvalue weighted by Crippen LogP contribution is -1.97. The summed E-state index contributed by atoms with van der Waals surface area (Å²) in [5.41, 5.74) is 29.2. The summed E-state index contributed by atoms with van der Waals surface area (Å²) in [5.74, 6) is 0. The summed E-state index contributed by atoms with van der Waals surface area (Å²) in [4.78, 5) is 3.70. The van der Waals surface area contributed by atoms with Gasteiger partial charge in [0.1, 0.15) is 11.2 Å². The number of benzene rings is 18. The number of nitrogens with one attached hydrogen (secondary N) is 1. The number of furan rings is 1. The van der Waals surface area contributed by atoms with Crippen molar-refractivity contribution in [3.05, 3.63) is 376 Å². The fourth-order valence-corrected chi connectivity index (χ4v) is 18.6. The smallest absolute Gasteiger partial charge is 0.143 e. The molecule has 24 aromatic rings. The Hall–Kier alpha value is -14.7. The van der Waals surface area contributed by atoms with Gasteiger partial charge in [-0.25, -0.2) is 0 Å². The zero-order valence-corrected chi connectivity index (χ0v) is 59.5. The first kappa shape index (κ1) is 60.5. The SMILES string of the molecule is c1ccc(-n2c3ccccc3c3cc(-c4ccc5c6ccc(-c7ccc(-n8c9ccccc9c9cc(-c%10ccc%11c%12ccccc%12n(-c%12cc(-c%13ccc%14c(c%13)[nH]c%13ccccc%13%14)cc%13ccccc%12%13)c%11c%10)ccc98)cc7)cc6n(-c6cc(-c7cccc8c7oc7ccccc78)cc7ccccc67)c5c4)ccc32)cc1. The van der Waals surface area contributed by atoms with Crippen molar-refractivity contribution in [2.45, 2.75) is 0 Å². The Kier molecular flexibility index (Phi) is 12.9. The maximum absolute atomic E-state index is 6.79. The van der Waals surface area contributed by atoms with Crippen molar-refractivity contribution >= 4 is 153 Å². The van der Waals surface area contributed by atoms with Gasteiger partial charge in [-0.3, -0.25) is 0 Å². The molecule has 110 heavy (non-hydrogen) atoms. The highest BCUT2D eigenvalue weighted by molar-refractivity contribution is 6.18. The van der Waals surface area contributed by atoms with Gasteiger partial charge in [0.2, 0.25) is 0 Å². The Morgan fingerprint density at radius 1 is 0.191 bits per heavy atom. The molecule has 0 spiro atoms. The van der Waals surface area contributed by atoms with E-state index in [0.717, 1.165) is 133 Å². The summed E-state index contributed by atoms with van der Waals surface area (Å²) in [6.07, 6.45) is 0. The average molecular weight is 1400 g/mol. The number of hydrogen-bond acceptors (Lipinski definition) is 1. The highest BCUT2D eigenvalue weighted by Crippen LogP contribution is 2.47. The standard InChI is InChI=1S/C104H63N5O/c1-2-21-74(22-3-1)106-93-33-14-10-27-82(93)89-55-65(43-51-96(89)106)69-42-50-86-85-48-40-67(58-101(85)109(102(86)60-69)99-62-73(54-71-20-5-7-24-77(71)99)78-30-18-31-88-87-29-12-17-36-103(87)110-104(78)88)63-37-45-75(46-38-63)107-94-34-15-11-28-83(94)90-56-64(44-52-97(90)107)68-41-49-84-81-26-9-16-35-95(81)108(100(84)59-68)98-61-72(53-70-19-4-6-23-76(70)98)66-39-47-80-79-25-8-13-32-91(79)105-92(80)57-66/h1-62,105H. The van der Waals surface area contributed by atoms with Gasteiger partial charge in [0.25, 0.3) is 0 Å². The lowest BCUT2D eigenvalue weighted by Gasteiger charge is -2.16. The van der Waals surface area contributed by atoms with Gasteiger partial charge in [-0.15, -0.1) is 0 Å². The number of hydrogen-bond donors (Lipinski definition) is 1. The van der Waals surface area contributed by atoms with Crippen molar-refractivity contribution in [3.8, 4) is 78.4 Å². The molecule has 24 rings (SSSR count). The van der Waals surface area contributed by atoms with Crippen LogP contribution < -0.4 is 0 Å². The Morgan fingerprint density at radius 3 is 1.19 bits per heavy atom. The van der Waals surface area contributed by atoms with Crippen LogP contribution in [-0.4, -0.2) is 23.3 Å². The van der Waals surface area contributed by atoms with Gasteiger partial charge in [-0.2, -0.15) is 0 Å². The molecule has 0 saturated heterocycles. The van der Waals surface area contributed by atoms with E-state index >= 15 is 0 Å². The van der Waals surface area contributed by atoms with Crippen LogP contribution in [0.5, 0.6) is 0 Å². The van der Waals surface area contributed by atoms with Crippen LogP contribution >= 0.6 is 0 Å². The van der Waals surface area contributed by atoms with Crippen molar-refractivity contribution < 1.29 is 4.42 Å². The molecule has 0 saturated carbocycles. The Labute approximate surface area is 630 Å².